The fourth-order valence-corrected chi connectivity index (χ4v) is 2.52. The summed E-state index contributed by atoms with van der Waals surface area (Å²) in [4.78, 5) is 11.1. The first kappa shape index (κ1) is 15.5. The minimum Gasteiger partial charge on any atom is -0.349 e. The molecule has 0 spiro atoms. The minimum atomic E-state index is -1.08. The van der Waals surface area contributed by atoms with E-state index in [9.17, 15) is 9.18 Å². The van der Waals surface area contributed by atoms with Gasteiger partial charge in [-0.1, -0.05) is 0 Å². The van der Waals surface area contributed by atoms with Crippen LogP contribution in [0.5, 0.6) is 0 Å². The molecule has 18 heavy (non-hydrogen) atoms. The van der Waals surface area contributed by atoms with Crippen molar-refractivity contribution in [3.8, 4) is 0 Å². The van der Waals surface area contributed by atoms with Crippen molar-refractivity contribution in [3.63, 3.8) is 0 Å². The summed E-state index contributed by atoms with van der Waals surface area (Å²) < 4.78 is 25.0. The number of halogens is 2. The Hall–Kier alpha value is -0.530. The number of hydrogen-bond donors (Lipinski definition) is 0. The van der Waals surface area contributed by atoms with Gasteiger partial charge in [0.25, 0.3) is 0 Å². The Balaban J connectivity index is 3.16. The zero-order valence-corrected chi connectivity index (χ0v) is 12.8. The van der Waals surface area contributed by atoms with Crippen molar-refractivity contribution in [2.75, 3.05) is 14.2 Å². The fraction of sp³-hybridized carbons (Fsp3) is 0.462. The maximum atomic E-state index is 13.4. The quantitative estimate of drug-likeness (QED) is 0.573. The summed E-state index contributed by atoms with van der Waals surface area (Å²) in [5.41, 5.74) is 0.606. The Kier molecular flexibility index (Phi) is 5.68. The molecule has 1 rings (SSSR count). The van der Waals surface area contributed by atoms with Crippen LogP contribution in [0.15, 0.2) is 18.2 Å². The van der Waals surface area contributed by atoms with E-state index in [0.717, 1.165) is 3.57 Å². The third-order valence-corrected chi connectivity index (χ3v) is 3.75. The molecule has 0 aliphatic heterocycles. The van der Waals surface area contributed by atoms with Crippen LogP contribution >= 0.6 is 22.6 Å². The van der Waals surface area contributed by atoms with E-state index < -0.39 is 5.79 Å². The van der Waals surface area contributed by atoms with Crippen LogP contribution < -0.4 is 0 Å². The number of carbonyl (C=O) groups excluding carboxylic acids is 1. The molecule has 1 aromatic rings. The molecule has 0 saturated carbocycles. The first-order valence-corrected chi connectivity index (χ1v) is 6.58. The third-order valence-electron chi connectivity index (χ3n) is 2.80. The maximum absolute atomic E-state index is 13.4. The summed E-state index contributed by atoms with van der Waals surface area (Å²) in [6.07, 6.45) is 0.670. The van der Waals surface area contributed by atoms with Gasteiger partial charge >= 0.3 is 0 Å². The highest BCUT2D eigenvalue weighted by molar-refractivity contribution is 14.1. The molecule has 1 aromatic carbocycles. The Bertz CT molecular complexity index is 430. The van der Waals surface area contributed by atoms with Crippen LogP contribution in [0.3, 0.4) is 0 Å². The van der Waals surface area contributed by atoms with Crippen LogP contribution in [-0.4, -0.2) is 20.0 Å². The van der Waals surface area contributed by atoms with Crippen LogP contribution in [0.4, 0.5) is 4.39 Å². The molecule has 0 amide bonds. The van der Waals surface area contributed by atoms with Gasteiger partial charge < -0.3 is 14.3 Å². The summed E-state index contributed by atoms with van der Waals surface area (Å²) in [5.74, 6) is -1.39. The molecule has 5 heteroatoms. The summed E-state index contributed by atoms with van der Waals surface area (Å²) in [5, 5.41) is 0. The molecular formula is C13H16FIO3. The first-order valence-electron chi connectivity index (χ1n) is 5.50. The normalized spacial score (nSPS) is 11.6. The van der Waals surface area contributed by atoms with Gasteiger partial charge in [0.15, 0.2) is 5.79 Å². The Labute approximate surface area is 120 Å². The van der Waals surface area contributed by atoms with E-state index >= 15 is 0 Å². The van der Waals surface area contributed by atoms with E-state index in [1.165, 1.54) is 33.3 Å². The lowest BCUT2D eigenvalue weighted by Crippen LogP contribution is -2.32. The van der Waals surface area contributed by atoms with Crippen LogP contribution in [0.25, 0.3) is 0 Å². The minimum absolute atomic E-state index is 0.0416. The molecule has 0 heterocycles. The second kappa shape index (κ2) is 6.58. The van der Waals surface area contributed by atoms with Crippen molar-refractivity contribution in [2.24, 2.45) is 0 Å². The van der Waals surface area contributed by atoms with Gasteiger partial charge in [0.05, 0.1) is 0 Å². The average molecular weight is 366 g/mol. The highest BCUT2D eigenvalue weighted by atomic mass is 127. The summed E-state index contributed by atoms with van der Waals surface area (Å²) in [6, 6.07) is 4.42. The standard InChI is InChI=1S/C13H16FIO3/c1-9(16)6-7-13(17-2,18-3)11-8-10(14)4-5-12(11)15/h4-5,8H,6-7H2,1-3H3. The summed E-state index contributed by atoms with van der Waals surface area (Å²) >= 11 is 2.09. The SMILES string of the molecule is COC(CCC(C)=O)(OC)c1cc(F)ccc1I. The number of ketones is 1. The summed E-state index contributed by atoms with van der Waals surface area (Å²) in [7, 11) is 2.98. The van der Waals surface area contributed by atoms with Gasteiger partial charge in [-0.3, -0.25) is 0 Å². The molecule has 0 saturated heterocycles. The molecule has 0 fully saturated rings. The van der Waals surface area contributed by atoms with E-state index in [0.29, 0.717) is 18.4 Å². The molecule has 0 unspecified atom stereocenters. The number of methoxy groups -OCH3 is 2. The van der Waals surface area contributed by atoms with Crippen LogP contribution in [-0.2, 0) is 20.1 Å². The van der Waals surface area contributed by atoms with Gasteiger partial charge in [-0.25, -0.2) is 4.39 Å². The number of hydrogen-bond acceptors (Lipinski definition) is 3. The Morgan fingerprint density at radius 3 is 2.50 bits per heavy atom. The lowest BCUT2D eigenvalue weighted by Gasteiger charge is -2.32. The topological polar surface area (TPSA) is 35.5 Å². The van der Waals surface area contributed by atoms with E-state index in [4.69, 9.17) is 9.47 Å². The van der Waals surface area contributed by atoms with Crippen LogP contribution in [0.2, 0.25) is 0 Å². The molecule has 0 atom stereocenters. The maximum Gasteiger partial charge on any atom is 0.195 e. The number of carbonyl (C=O) groups is 1. The number of benzene rings is 1. The zero-order valence-electron chi connectivity index (χ0n) is 10.6. The fourth-order valence-electron chi connectivity index (χ4n) is 1.77. The van der Waals surface area contributed by atoms with Crippen LogP contribution in [0, 0.1) is 9.39 Å². The van der Waals surface area contributed by atoms with Crippen LogP contribution in [0.1, 0.15) is 25.3 Å². The number of ether oxygens (including phenoxy) is 2. The number of Topliss-reactive ketones (excluding diaryl/α,β-unsaturated/α-hetero) is 1. The van der Waals surface area contributed by atoms with E-state index in [-0.39, 0.29) is 11.6 Å². The predicted octanol–water partition coefficient (Wildman–Crippen LogP) is 3.25. The molecular weight excluding hydrogens is 350 g/mol. The van der Waals surface area contributed by atoms with Crippen molar-refractivity contribution in [1.82, 2.24) is 0 Å². The lowest BCUT2D eigenvalue weighted by atomic mass is 9.99. The second-order valence-corrected chi connectivity index (χ2v) is 5.15. The highest BCUT2D eigenvalue weighted by Gasteiger charge is 2.34. The zero-order chi connectivity index (χ0) is 13.8. The van der Waals surface area contributed by atoms with E-state index in [2.05, 4.69) is 22.6 Å². The van der Waals surface area contributed by atoms with Gasteiger partial charge in [0.1, 0.15) is 11.6 Å². The lowest BCUT2D eigenvalue weighted by molar-refractivity contribution is -0.221. The second-order valence-electron chi connectivity index (χ2n) is 3.99. The predicted molar refractivity (Wildman–Crippen MR) is 74.7 cm³/mol. The average Bonchev–Trinajstić information content (AvgIpc) is 2.35. The molecule has 0 aromatic heterocycles. The Morgan fingerprint density at radius 2 is 2.00 bits per heavy atom. The van der Waals surface area contributed by atoms with E-state index in [1.807, 2.05) is 0 Å². The number of rotatable bonds is 6. The molecule has 0 bridgehead atoms. The van der Waals surface area contributed by atoms with Crippen molar-refractivity contribution in [2.45, 2.75) is 25.6 Å². The summed E-state index contributed by atoms with van der Waals surface area (Å²) in [6.45, 7) is 1.51. The van der Waals surface area contributed by atoms with E-state index in [1.54, 1.807) is 6.07 Å². The molecule has 100 valence electrons. The van der Waals surface area contributed by atoms with Gasteiger partial charge in [0, 0.05) is 36.2 Å². The molecule has 0 radical (unpaired) electrons. The van der Waals surface area contributed by atoms with Crippen molar-refractivity contribution < 1.29 is 18.7 Å². The van der Waals surface area contributed by atoms with Gasteiger partial charge in [-0.2, -0.15) is 0 Å². The highest BCUT2D eigenvalue weighted by Crippen LogP contribution is 2.34. The Morgan fingerprint density at radius 1 is 1.39 bits per heavy atom. The largest absolute Gasteiger partial charge is 0.349 e. The molecule has 0 aliphatic rings. The third kappa shape index (κ3) is 3.49. The van der Waals surface area contributed by atoms with Crippen molar-refractivity contribution in [3.05, 3.63) is 33.1 Å². The molecule has 3 nitrogen and oxygen atoms in total. The van der Waals surface area contributed by atoms with Gasteiger partial charge in [-0.05, 0) is 47.7 Å². The monoisotopic (exact) mass is 366 g/mol. The van der Waals surface area contributed by atoms with Gasteiger partial charge in [0.2, 0.25) is 0 Å². The molecule has 0 aliphatic carbocycles. The van der Waals surface area contributed by atoms with Gasteiger partial charge in [-0.15, -0.1) is 0 Å². The smallest absolute Gasteiger partial charge is 0.195 e. The van der Waals surface area contributed by atoms with Crippen molar-refractivity contribution >= 4 is 28.4 Å². The van der Waals surface area contributed by atoms with Crippen molar-refractivity contribution in [1.29, 1.82) is 0 Å². The molecule has 0 N–H and O–H groups in total. The first-order chi connectivity index (χ1) is 8.45.